The summed E-state index contributed by atoms with van der Waals surface area (Å²) in [4.78, 5) is 27.9. The number of hydrazine groups is 1. The molecule has 0 saturated carbocycles. The first-order chi connectivity index (χ1) is 26.3. The van der Waals surface area contributed by atoms with Crippen LogP contribution in [0.15, 0.2) is 93.4 Å². The maximum absolute atomic E-state index is 13.2. The second kappa shape index (κ2) is 21.3. The Morgan fingerprint density at radius 3 is 2.53 bits per heavy atom. The second-order valence-corrected chi connectivity index (χ2v) is 19.7. The number of para-hydroxylation sites is 1. The zero-order valence-electron chi connectivity index (χ0n) is 33.0. The van der Waals surface area contributed by atoms with Crippen molar-refractivity contribution in [2.75, 3.05) is 63.5 Å². The number of aromatic hydroxyl groups is 1. The lowest BCUT2D eigenvalue weighted by atomic mass is 10.0. The van der Waals surface area contributed by atoms with Crippen molar-refractivity contribution in [1.29, 1.82) is 0 Å². The third-order valence-electron chi connectivity index (χ3n) is 9.69. The quantitative estimate of drug-likeness (QED) is 0.0207. The number of nitrogens with zero attached hydrogens (tertiary/aromatic N) is 5. The maximum atomic E-state index is 13.2. The van der Waals surface area contributed by atoms with Gasteiger partial charge in [0.15, 0.2) is 0 Å². The fourth-order valence-corrected chi connectivity index (χ4v) is 8.79. The molecule has 13 heteroatoms. The van der Waals surface area contributed by atoms with Gasteiger partial charge in [-0.3, -0.25) is 10.2 Å². The van der Waals surface area contributed by atoms with Gasteiger partial charge in [0.2, 0.25) is 11.9 Å². The molecule has 0 radical (unpaired) electrons. The minimum atomic E-state index is -1.64. The van der Waals surface area contributed by atoms with Gasteiger partial charge in [-0.2, -0.15) is 0 Å². The van der Waals surface area contributed by atoms with Gasteiger partial charge in [0.25, 0.3) is 0 Å². The van der Waals surface area contributed by atoms with E-state index in [1.807, 2.05) is 80.3 Å². The highest BCUT2D eigenvalue weighted by Crippen LogP contribution is 2.38. The van der Waals surface area contributed by atoms with Crippen LogP contribution in [0.25, 0.3) is 6.08 Å². The molecule has 1 saturated heterocycles. The Morgan fingerprint density at radius 1 is 1.11 bits per heavy atom. The number of allylic oxidation sites excluding steroid dienone is 1. The number of hydrogen-bond donors (Lipinski definition) is 4. The minimum absolute atomic E-state index is 0.0686. The highest BCUT2D eigenvalue weighted by atomic mass is 35.5. The number of nitrogens with two attached hydrogens (primary N) is 1. The second-order valence-electron chi connectivity index (χ2n) is 14.2. The average Bonchev–Trinajstić information content (AvgIpc) is 3.18. The summed E-state index contributed by atoms with van der Waals surface area (Å²) in [5.41, 5.74) is 13.3. The molecule has 1 fully saturated rings. The summed E-state index contributed by atoms with van der Waals surface area (Å²) in [7, 11) is 5.90. The highest BCUT2D eigenvalue weighted by Gasteiger charge is 2.26. The summed E-state index contributed by atoms with van der Waals surface area (Å²) in [6.45, 7) is 8.99. The van der Waals surface area contributed by atoms with E-state index in [9.17, 15) is 9.90 Å². The van der Waals surface area contributed by atoms with E-state index >= 15 is 0 Å². The van der Waals surface area contributed by atoms with Crippen molar-refractivity contribution >= 4 is 83.1 Å². The third kappa shape index (κ3) is 13.0. The molecule has 1 heterocycles. The van der Waals surface area contributed by atoms with Gasteiger partial charge < -0.3 is 26.0 Å². The normalized spacial score (nSPS) is 14.5. The molecular weight excluding hydrogens is 747 g/mol. The van der Waals surface area contributed by atoms with Crippen LogP contribution >= 0.6 is 30.2 Å². The lowest BCUT2D eigenvalue weighted by molar-refractivity contribution is -0.132. The van der Waals surface area contributed by atoms with Gasteiger partial charge in [-0.15, -0.1) is 11.8 Å². The number of rotatable bonds is 17. The van der Waals surface area contributed by atoms with Crippen molar-refractivity contribution in [2.24, 2.45) is 15.7 Å². The standard InChI is InChI=1S/C42H58ClN8O2PS/c1-8-31-15-14-18-40(35(31)30-49(3)45-2)55-26-13-9-10-19-41(53)50(4)33-22-24-51(25-23-33)34-20-21-36(38(52)27-34)47-42(46-29-32(43)28-44)48-37-16-11-12-17-39(37)54(5,6)7/h8,11-12,14-18,20-21,27-29,33,45,52H,1,5,9-10,13,19,22-26,30,44H2,2-4,6-7H3,(H,47,48)/b32-28-,46-29-. The number of phenolic OH excluding ortho intramolecular Hbond substituents is 1. The van der Waals surface area contributed by atoms with E-state index in [0.717, 1.165) is 79.7 Å². The molecule has 0 spiro atoms. The number of carbonyl (C=O) groups is 1. The van der Waals surface area contributed by atoms with Crippen molar-refractivity contribution < 1.29 is 9.90 Å². The van der Waals surface area contributed by atoms with Crippen molar-refractivity contribution in [1.82, 2.24) is 15.3 Å². The van der Waals surface area contributed by atoms with Gasteiger partial charge in [-0.1, -0.05) is 74.2 Å². The summed E-state index contributed by atoms with van der Waals surface area (Å²) >= 11 is 7.98. The number of nitrogens with one attached hydrogen (secondary N) is 2. The monoisotopic (exact) mass is 804 g/mol. The van der Waals surface area contributed by atoms with Crippen LogP contribution in [0.5, 0.6) is 5.75 Å². The number of benzene rings is 3. The van der Waals surface area contributed by atoms with Crippen LogP contribution in [0, 0.1) is 0 Å². The van der Waals surface area contributed by atoms with E-state index in [1.54, 1.807) is 6.07 Å². The van der Waals surface area contributed by atoms with Crippen LogP contribution in [0.2, 0.25) is 0 Å². The van der Waals surface area contributed by atoms with Crippen molar-refractivity contribution in [2.45, 2.75) is 56.0 Å². The Kier molecular flexibility index (Phi) is 17.0. The number of carbonyl (C=O) groups excluding carboxylic acids is 1. The topological polar surface area (TPSA) is 122 Å². The van der Waals surface area contributed by atoms with Crippen LogP contribution in [-0.4, -0.2) is 98.8 Å². The summed E-state index contributed by atoms with van der Waals surface area (Å²) in [6, 6.07) is 20.0. The van der Waals surface area contributed by atoms with Crippen LogP contribution < -0.4 is 26.7 Å². The Bertz CT molecular complexity index is 1900. The SMILES string of the molecule is C=Cc1cccc(SCCCCCC(=O)N(C)C2CCN(c3ccc(NC(/N=C\C(Cl)=C\N)=N/c4ccccc4P(=C)(C)C)c(O)c3)CC2)c1CN(C)NC. The first-order valence-electron chi connectivity index (χ1n) is 18.7. The van der Waals surface area contributed by atoms with Crippen LogP contribution in [0.4, 0.5) is 17.1 Å². The molecule has 0 atom stereocenters. The number of phenols is 1. The summed E-state index contributed by atoms with van der Waals surface area (Å²) in [5.74, 6) is 1.54. The Hall–Kier alpha value is -3.99. The van der Waals surface area contributed by atoms with Gasteiger partial charge in [0.05, 0.1) is 22.6 Å². The molecule has 0 aliphatic carbocycles. The van der Waals surface area contributed by atoms with Crippen molar-refractivity contribution in [3.8, 4) is 5.75 Å². The number of hydrogen-bond acceptors (Lipinski definition) is 8. The van der Waals surface area contributed by atoms with E-state index < -0.39 is 6.89 Å². The number of piperidine rings is 1. The lowest BCUT2D eigenvalue weighted by Gasteiger charge is -2.38. The molecule has 3 aromatic rings. The Morgan fingerprint density at radius 2 is 1.85 bits per heavy atom. The first kappa shape index (κ1) is 43.7. The molecule has 0 aromatic heterocycles. The Labute approximate surface area is 337 Å². The zero-order chi connectivity index (χ0) is 40.0. The molecule has 4 rings (SSSR count). The Balaban J connectivity index is 1.27. The molecule has 55 heavy (non-hydrogen) atoms. The van der Waals surface area contributed by atoms with E-state index in [-0.39, 0.29) is 28.7 Å². The number of aliphatic imine (C=N–C) groups is 2. The summed E-state index contributed by atoms with van der Waals surface area (Å²) in [6.07, 6.45) is 14.2. The van der Waals surface area contributed by atoms with Crippen molar-refractivity contribution in [3.63, 3.8) is 0 Å². The van der Waals surface area contributed by atoms with Gasteiger partial charge in [0, 0.05) is 74.3 Å². The number of halogens is 1. The fourth-order valence-electron chi connectivity index (χ4n) is 6.41. The smallest absolute Gasteiger partial charge is 0.227 e. The summed E-state index contributed by atoms with van der Waals surface area (Å²) < 4.78 is 0. The molecule has 3 aromatic carbocycles. The average molecular weight is 805 g/mol. The molecule has 0 bridgehead atoms. The molecule has 1 amide bonds. The molecule has 1 aliphatic rings. The largest absolute Gasteiger partial charge is 0.506 e. The van der Waals surface area contributed by atoms with E-state index in [1.165, 1.54) is 22.9 Å². The van der Waals surface area contributed by atoms with Gasteiger partial charge in [-0.25, -0.2) is 15.0 Å². The number of amides is 1. The molecule has 1 aliphatic heterocycles. The molecule has 0 unspecified atom stereocenters. The molecule has 10 nitrogen and oxygen atoms in total. The minimum Gasteiger partial charge on any atom is -0.506 e. The van der Waals surface area contributed by atoms with Crippen LogP contribution in [0.1, 0.15) is 49.7 Å². The number of anilines is 2. The first-order valence-corrected chi connectivity index (χ1v) is 22.9. The van der Waals surface area contributed by atoms with Gasteiger partial charge >= 0.3 is 0 Å². The molecular formula is C42H58ClN8O2PS. The lowest BCUT2D eigenvalue weighted by Crippen LogP contribution is -2.45. The number of guanidine groups is 1. The van der Waals surface area contributed by atoms with Gasteiger partial charge in [-0.05, 0) is 87.2 Å². The third-order valence-corrected chi connectivity index (χ3v) is 12.8. The van der Waals surface area contributed by atoms with E-state index in [2.05, 4.69) is 70.1 Å². The predicted octanol–water partition coefficient (Wildman–Crippen LogP) is 7.93. The summed E-state index contributed by atoms with van der Waals surface area (Å²) in [5, 5.41) is 17.6. The van der Waals surface area contributed by atoms with Crippen LogP contribution in [-0.2, 0) is 11.3 Å². The highest BCUT2D eigenvalue weighted by molar-refractivity contribution is 7.99. The van der Waals surface area contributed by atoms with E-state index in [0.29, 0.717) is 12.1 Å². The number of thioether (sulfide) groups is 1. The molecule has 296 valence electrons. The maximum Gasteiger partial charge on any atom is 0.227 e. The zero-order valence-corrected chi connectivity index (χ0v) is 35.4. The van der Waals surface area contributed by atoms with E-state index in [4.69, 9.17) is 22.3 Å². The van der Waals surface area contributed by atoms with Gasteiger partial charge in [0.1, 0.15) is 5.75 Å². The van der Waals surface area contributed by atoms with Crippen molar-refractivity contribution in [3.05, 3.63) is 89.6 Å². The predicted molar refractivity (Wildman–Crippen MR) is 242 cm³/mol. The van der Waals surface area contributed by atoms with Crippen LogP contribution in [0.3, 0.4) is 0 Å². The molecule has 5 N–H and O–H groups in total. The number of unbranched alkanes of at least 4 members (excludes halogenated alkanes) is 2. The fraction of sp³-hybridized carbons (Fsp3) is 0.381.